The van der Waals surface area contributed by atoms with E-state index in [0.717, 1.165) is 25.8 Å². The molecule has 3 nitrogen and oxygen atoms in total. The van der Waals surface area contributed by atoms with Crippen LogP contribution in [0.4, 0.5) is 0 Å². The number of hydrogen-bond acceptors (Lipinski definition) is 3. The largest absolute Gasteiger partial charge is 0.380 e. The summed E-state index contributed by atoms with van der Waals surface area (Å²) in [4.78, 5) is 2.69. The van der Waals surface area contributed by atoms with Crippen molar-refractivity contribution >= 4 is 0 Å². The summed E-state index contributed by atoms with van der Waals surface area (Å²) in [5.74, 6) is 0. The minimum Gasteiger partial charge on any atom is -0.380 e. The van der Waals surface area contributed by atoms with Crippen LogP contribution in [-0.2, 0) is 4.74 Å². The summed E-state index contributed by atoms with van der Waals surface area (Å²) in [5, 5.41) is 0. The van der Waals surface area contributed by atoms with Crippen molar-refractivity contribution in [2.24, 2.45) is 5.73 Å². The monoisotopic (exact) mass is 212 g/mol. The van der Waals surface area contributed by atoms with Gasteiger partial charge in [-0.1, -0.05) is 0 Å². The minimum atomic E-state index is 0.698. The molecule has 0 amide bonds. The molecule has 15 heavy (non-hydrogen) atoms. The Bertz CT molecular complexity index is 180. The molecule has 0 radical (unpaired) electrons. The average Bonchev–Trinajstić information content (AvgIpc) is 2.75. The van der Waals surface area contributed by atoms with Crippen molar-refractivity contribution in [3.63, 3.8) is 0 Å². The van der Waals surface area contributed by atoms with Crippen LogP contribution in [0.5, 0.6) is 0 Å². The van der Waals surface area contributed by atoms with E-state index in [1.807, 2.05) is 0 Å². The van der Waals surface area contributed by atoms with Gasteiger partial charge >= 0.3 is 0 Å². The van der Waals surface area contributed by atoms with Gasteiger partial charge in [-0.25, -0.2) is 0 Å². The molecule has 88 valence electrons. The zero-order chi connectivity index (χ0) is 10.5. The number of nitrogens with zero attached hydrogens (tertiary/aromatic N) is 1. The molecular formula is C12H24N2O. The Hall–Kier alpha value is -0.120. The van der Waals surface area contributed by atoms with Crippen LogP contribution in [0, 0.1) is 0 Å². The van der Waals surface area contributed by atoms with E-state index >= 15 is 0 Å². The molecule has 2 aliphatic heterocycles. The summed E-state index contributed by atoms with van der Waals surface area (Å²) in [6.45, 7) is 4.05. The van der Waals surface area contributed by atoms with Gasteiger partial charge in [0.15, 0.2) is 0 Å². The molecule has 2 fully saturated rings. The van der Waals surface area contributed by atoms with E-state index in [0.29, 0.717) is 6.04 Å². The second kappa shape index (κ2) is 5.83. The van der Waals surface area contributed by atoms with Crippen LogP contribution >= 0.6 is 0 Å². The topological polar surface area (TPSA) is 38.5 Å². The van der Waals surface area contributed by atoms with E-state index in [9.17, 15) is 0 Å². The van der Waals surface area contributed by atoms with Crippen LogP contribution in [-0.4, -0.2) is 43.3 Å². The highest BCUT2D eigenvalue weighted by molar-refractivity contribution is 4.85. The molecule has 2 unspecified atom stereocenters. The zero-order valence-electron chi connectivity index (χ0n) is 9.66. The first kappa shape index (κ1) is 11.4. The second-order valence-electron chi connectivity index (χ2n) is 4.84. The number of likely N-dealkylation sites (tertiary alicyclic amines) is 1. The molecule has 2 aliphatic rings. The molecule has 0 aromatic rings. The predicted molar refractivity (Wildman–Crippen MR) is 61.9 cm³/mol. The average molecular weight is 212 g/mol. The first-order valence-corrected chi connectivity index (χ1v) is 6.45. The fraction of sp³-hybridized carbons (Fsp3) is 1.00. The van der Waals surface area contributed by atoms with Gasteiger partial charge in [-0.3, -0.25) is 4.90 Å². The Balaban J connectivity index is 1.82. The van der Waals surface area contributed by atoms with Gasteiger partial charge in [0.2, 0.25) is 0 Å². The Morgan fingerprint density at radius 3 is 2.93 bits per heavy atom. The van der Waals surface area contributed by atoms with Crippen LogP contribution < -0.4 is 5.73 Å². The maximum Gasteiger partial charge on any atom is 0.0621 e. The van der Waals surface area contributed by atoms with Gasteiger partial charge in [0.25, 0.3) is 0 Å². The standard InChI is InChI=1S/C12H24N2O/c13-7-1-4-11-5-2-8-14(11)12-6-3-9-15-10-12/h11-12H,1-10,13H2. The highest BCUT2D eigenvalue weighted by Gasteiger charge is 2.31. The Morgan fingerprint density at radius 2 is 2.20 bits per heavy atom. The molecule has 0 spiro atoms. The van der Waals surface area contributed by atoms with Crippen LogP contribution in [0.25, 0.3) is 0 Å². The third kappa shape index (κ3) is 2.92. The van der Waals surface area contributed by atoms with Crippen molar-refractivity contribution in [2.45, 2.75) is 50.6 Å². The van der Waals surface area contributed by atoms with Gasteiger partial charge in [-0.05, 0) is 51.6 Å². The zero-order valence-corrected chi connectivity index (χ0v) is 9.66. The van der Waals surface area contributed by atoms with Gasteiger partial charge in [0.1, 0.15) is 0 Å². The van der Waals surface area contributed by atoms with Crippen LogP contribution in [0.15, 0.2) is 0 Å². The fourth-order valence-corrected chi connectivity index (χ4v) is 2.99. The highest BCUT2D eigenvalue weighted by Crippen LogP contribution is 2.26. The second-order valence-corrected chi connectivity index (χ2v) is 4.84. The van der Waals surface area contributed by atoms with Gasteiger partial charge in [-0.15, -0.1) is 0 Å². The SMILES string of the molecule is NCCCC1CCCN1C1CCCOC1. The van der Waals surface area contributed by atoms with Crippen molar-refractivity contribution in [3.05, 3.63) is 0 Å². The molecular weight excluding hydrogens is 188 g/mol. The number of rotatable bonds is 4. The lowest BCUT2D eigenvalue weighted by Crippen LogP contribution is -2.44. The minimum absolute atomic E-state index is 0.698. The van der Waals surface area contributed by atoms with Crippen molar-refractivity contribution < 1.29 is 4.74 Å². The van der Waals surface area contributed by atoms with Crippen molar-refractivity contribution in [2.75, 3.05) is 26.3 Å². The lowest BCUT2D eigenvalue weighted by Gasteiger charge is -2.35. The van der Waals surface area contributed by atoms with E-state index in [1.54, 1.807) is 0 Å². The van der Waals surface area contributed by atoms with E-state index < -0.39 is 0 Å². The summed E-state index contributed by atoms with van der Waals surface area (Å²) in [7, 11) is 0. The normalized spacial score (nSPS) is 33.4. The third-order valence-electron chi connectivity index (χ3n) is 3.77. The molecule has 0 bridgehead atoms. The van der Waals surface area contributed by atoms with E-state index in [-0.39, 0.29) is 0 Å². The Kier molecular flexibility index (Phi) is 4.42. The van der Waals surface area contributed by atoms with Crippen LogP contribution in [0.2, 0.25) is 0 Å². The molecule has 0 saturated carbocycles. The molecule has 3 heteroatoms. The highest BCUT2D eigenvalue weighted by atomic mass is 16.5. The van der Waals surface area contributed by atoms with Gasteiger partial charge in [-0.2, -0.15) is 0 Å². The number of hydrogen-bond donors (Lipinski definition) is 1. The molecule has 2 saturated heterocycles. The predicted octanol–water partition coefficient (Wildman–Crippen LogP) is 1.37. The van der Waals surface area contributed by atoms with Crippen molar-refractivity contribution in [1.29, 1.82) is 0 Å². The van der Waals surface area contributed by atoms with Crippen molar-refractivity contribution in [3.8, 4) is 0 Å². The molecule has 2 rings (SSSR count). The quantitative estimate of drug-likeness (QED) is 0.765. The molecule has 0 aromatic heterocycles. The maximum atomic E-state index is 5.59. The Morgan fingerprint density at radius 1 is 1.27 bits per heavy atom. The van der Waals surface area contributed by atoms with E-state index in [2.05, 4.69) is 4.90 Å². The van der Waals surface area contributed by atoms with Crippen LogP contribution in [0.1, 0.15) is 38.5 Å². The fourth-order valence-electron chi connectivity index (χ4n) is 2.99. The summed E-state index contributed by atoms with van der Waals surface area (Å²) in [6, 6.07) is 1.49. The molecule has 0 aromatic carbocycles. The first-order chi connectivity index (χ1) is 7.42. The molecule has 2 heterocycles. The lowest BCUT2D eigenvalue weighted by atomic mass is 10.0. The van der Waals surface area contributed by atoms with E-state index in [4.69, 9.17) is 10.5 Å². The summed E-state index contributed by atoms with van der Waals surface area (Å²) >= 11 is 0. The number of ether oxygens (including phenoxy) is 1. The summed E-state index contributed by atoms with van der Waals surface area (Å²) in [6.07, 6.45) is 7.77. The smallest absolute Gasteiger partial charge is 0.0621 e. The molecule has 2 N–H and O–H groups in total. The lowest BCUT2D eigenvalue weighted by molar-refractivity contribution is 0.0115. The van der Waals surface area contributed by atoms with Gasteiger partial charge < -0.3 is 10.5 Å². The Labute approximate surface area is 93.0 Å². The van der Waals surface area contributed by atoms with Crippen LogP contribution in [0.3, 0.4) is 0 Å². The van der Waals surface area contributed by atoms with Gasteiger partial charge in [0, 0.05) is 18.7 Å². The van der Waals surface area contributed by atoms with E-state index in [1.165, 1.54) is 45.1 Å². The first-order valence-electron chi connectivity index (χ1n) is 6.45. The molecule has 2 atom stereocenters. The van der Waals surface area contributed by atoms with Gasteiger partial charge in [0.05, 0.1) is 6.61 Å². The summed E-state index contributed by atoms with van der Waals surface area (Å²) < 4.78 is 5.58. The van der Waals surface area contributed by atoms with Crippen molar-refractivity contribution in [1.82, 2.24) is 4.90 Å². The molecule has 0 aliphatic carbocycles. The number of nitrogens with two attached hydrogens (primary N) is 1. The summed E-state index contributed by atoms with van der Waals surface area (Å²) in [5.41, 5.74) is 5.59. The third-order valence-corrected chi connectivity index (χ3v) is 3.77. The maximum absolute atomic E-state index is 5.59.